The molecule has 7 heteroatoms. The highest BCUT2D eigenvalue weighted by Gasteiger charge is 2.27. The summed E-state index contributed by atoms with van der Waals surface area (Å²) < 4.78 is 11.5. The first kappa shape index (κ1) is 19.4. The number of piperidine rings is 1. The van der Waals surface area contributed by atoms with Crippen molar-refractivity contribution in [2.75, 3.05) is 26.8 Å². The number of hydrogen-bond donors (Lipinski definition) is 0. The van der Waals surface area contributed by atoms with Gasteiger partial charge in [0.15, 0.2) is 6.61 Å². The number of nitrogens with zero attached hydrogens (tertiary/aromatic N) is 2. The van der Waals surface area contributed by atoms with Gasteiger partial charge in [0.1, 0.15) is 5.75 Å². The number of thiazole rings is 1. The van der Waals surface area contributed by atoms with E-state index in [0.29, 0.717) is 17.9 Å². The molecule has 150 valence electrons. The summed E-state index contributed by atoms with van der Waals surface area (Å²) in [6.07, 6.45) is 2.00. The van der Waals surface area contributed by atoms with Crippen molar-refractivity contribution in [3.63, 3.8) is 0 Å². The van der Waals surface area contributed by atoms with Gasteiger partial charge in [-0.25, -0.2) is 9.78 Å². The smallest absolute Gasteiger partial charge is 0.337 e. The summed E-state index contributed by atoms with van der Waals surface area (Å²) in [6, 6.07) is 14.7. The Labute approximate surface area is 173 Å². The van der Waals surface area contributed by atoms with E-state index in [1.807, 2.05) is 23.1 Å². The van der Waals surface area contributed by atoms with Gasteiger partial charge in [0, 0.05) is 19.0 Å². The Balaban J connectivity index is 1.35. The topological polar surface area (TPSA) is 68.7 Å². The Morgan fingerprint density at radius 3 is 2.72 bits per heavy atom. The van der Waals surface area contributed by atoms with Crippen LogP contribution >= 0.6 is 11.3 Å². The number of rotatable bonds is 5. The van der Waals surface area contributed by atoms with Crippen LogP contribution in [0.15, 0.2) is 48.5 Å². The van der Waals surface area contributed by atoms with Crippen LogP contribution in [0.2, 0.25) is 0 Å². The molecule has 1 aliphatic rings. The van der Waals surface area contributed by atoms with Gasteiger partial charge in [0.2, 0.25) is 0 Å². The molecule has 0 bridgehead atoms. The summed E-state index contributed by atoms with van der Waals surface area (Å²) in [6.45, 7) is 1.39. The average molecular weight is 410 g/mol. The van der Waals surface area contributed by atoms with E-state index in [1.54, 1.807) is 35.6 Å². The quantitative estimate of drug-likeness (QED) is 0.598. The maximum atomic E-state index is 12.7. The first-order chi connectivity index (χ1) is 14.1. The third-order valence-electron chi connectivity index (χ3n) is 5.07. The number of carbonyl (C=O) groups is 2. The highest BCUT2D eigenvalue weighted by atomic mass is 32.1. The summed E-state index contributed by atoms with van der Waals surface area (Å²) in [4.78, 5) is 30.8. The fraction of sp³-hybridized carbons (Fsp3) is 0.318. The number of esters is 1. The average Bonchev–Trinajstić information content (AvgIpc) is 3.22. The van der Waals surface area contributed by atoms with Gasteiger partial charge in [-0.2, -0.15) is 0 Å². The molecule has 0 spiro atoms. The Bertz CT molecular complexity index is 982. The largest absolute Gasteiger partial charge is 0.484 e. The summed E-state index contributed by atoms with van der Waals surface area (Å²) in [5.74, 6) is 0.380. The first-order valence-electron chi connectivity index (χ1n) is 9.58. The molecule has 1 saturated heterocycles. The molecular formula is C22H22N2O4S. The molecule has 0 aliphatic carbocycles. The molecule has 1 amide bonds. The number of aromatic nitrogens is 1. The van der Waals surface area contributed by atoms with E-state index >= 15 is 0 Å². The molecule has 2 heterocycles. The van der Waals surface area contributed by atoms with Gasteiger partial charge in [-0.3, -0.25) is 4.79 Å². The molecule has 0 unspecified atom stereocenters. The predicted molar refractivity (Wildman–Crippen MR) is 111 cm³/mol. The van der Waals surface area contributed by atoms with E-state index in [1.165, 1.54) is 11.8 Å². The number of fused-ring (bicyclic) bond motifs is 1. The number of benzene rings is 2. The Morgan fingerprint density at radius 1 is 1.17 bits per heavy atom. The molecule has 3 aromatic rings. The second-order valence-electron chi connectivity index (χ2n) is 7.00. The minimum Gasteiger partial charge on any atom is -0.484 e. The molecule has 0 N–H and O–H groups in total. The fourth-order valence-electron chi connectivity index (χ4n) is 3.51. The number of hydrogen-bond acceptors (Lipinski definition) is 6. The first-order valence-corrected chi connectivity index (χ1v) is 10.4. The van der Waals surface area contributed by atoms with Gasteiger partial charge in [0.25, 0.3) is 5.91 Å². The molecule has 1 fully saturated rings. The third-order valence-corrected chi connectivity index (χ3v) is 6.27. The number of ether oxygens (including phenoxy) is 2. The van der Waals surface area contributed by atoms with Crippen molar-refractivity contribution in [1.29, 1.82) is 0 Å². The maximum absolute atomic E-state index is 12.7. The standard InChI is InChI=1S/C22H22N2O4S/c1-27-22(26)15-8-10-17(11-9-15)28-14-20(25)24-12-4-5-16(13-24)21-23-18-6-2-3-7-19(18)29-21/h2-3,6-11,16H,4-5,12-14H2,1H3/t16-/m1/s1. The molecule has 0 radical (unpaired) electrons. The summed E-state index contributed by atoms with van der Waals surface area (Å²) in [5.41, 5.74) is 1.47. The molecule has 1 aliphatic heterocycles. The van der Waals surface area contributed by atoms with Gasteiger partial charge in [0.05, 0.1) is 27.9 Å². The Morgan fingerprint density at radius 2 is 1.97 bits per heavy atom. The lowest BCUT2D eigenvalue weighted by Crippen LogP contribution is -2.41. The highest BCUT2D eigenvalue weighted by molar-refractivity contribution is 7.18. The van der Waals surface area contributed by atoms with Gasteiger partial charge in [-0.15, -0.1) is 11.3 Å². The van der Waals surface area contributed by atoms with E-state index in [4.69, 9.17) is 9.72 Å². The number of carbonyl (C=O) groups excluding carboxylic acids is 2. The van der Waals surface area contributed by atoms with Gasteiger partial charge in [-0.1, -0.05) is 12.1 Å². The molecule has 2 aromatic carbocycles. The van der Waals surface area contributed by atoms with Crippen LogP contribution in [-0.2, 0) is 9.53 Å². The molecule has 6 nitrogen and oxygen atoms in total. The Hall–Kier alpha value is -2.93. The minimum absolute atomic E-state index is 0.0237. The van der Waals surface area contributed by atoms with E-state index in [-0.39, 0.29) is 18.4 Å². The zero-order chi connectivity index (χ0) is 20.2. The van der Waals surface area contributed by atoms with E-state index in [2.05, 4.69) is 10.8 Å². The third kappa shape index (κ3) is 4.40. The number of methoxy groups -OCH3 is 1. The zero-order valence-corrected chi connectivity index (χ0v) is 17.0. The van der Waals surface area contributed by atoms with Crippen LogP contribution < -0.4 is 4.74 Å². The lowest BCUT2D eigenvalue weighted by molar-refractivity contribution is -0.134. The van der Waals surface area contributed by atoms with Crippen LogP contribution in [0.4, 0.5) is 0 Å². The van der Waals surface area contributed by atoms with Crippen LogP contribution in [0.1, 0.15) is 34.1 Å². The molecular weight excluding hydrogens is 388 g/mol. The lowest BCUT2D eigenvalue weighted by atomic mass is 9.99. The summed E-state index contributed by atoms with van der Waals surface area (Å²) >= 11 is 1.72. The fourth-order valence-corrected chi connectivity index (χ4v) is 4.60. The normalized spacial score (nSPS) is 16.6. The van der Waals surface area contributed by atoms with Crippen molar-refractivity contribution in [3.05, 3.63) is 59.1 Å². The zero-order valence-electron chi connectivity index (χ0n) is 16.2. The Kier molecular flexibility index (Phi) is 5.76. The SMILES string of the molecule is COC(=O)c1ccc(OCC(=O)N2CCC[C@@H](c3nc4ccccc4s3)C2)cc1. The maximum Gasteiger partial charge on any atom is 0.337 e. The van der Waals surface area contributed by atoms with Crippen LogP contribution in [0.3, 0.4) is 0 Å². The van der Waals surface area contributed by atoms with Crippen LogP contribution in [0, 0.1) is 0 Å². The molecule has 0 saturated carbocycles. The monoisotopic (exact) mass is 410 g/mol. The van der Waals surface area contributed by atoms with Crippen molar-refractivity contribution in [1.82, 2.24) is 9.88 Å². The van der Waals surface area contributed by atoms with Crippen LogP contribution in [0.25, 0.3) is 10.2 Å². The van der Waals surface area contributed by atoms with E-state index in [9.17, 15) is 9.59 Å². The van der Waals surface area contributed by atoms with Gasteiger partial charge < -0.3 is 14.4 Å². The van der Waals surface area contributed by atoms with E-state index in [0.717, 1.165) is 29.9 Å². The van der Waals surface area contributed by atoms with E-state index < -0.39 is 5.97 Å². The van der Waals surface area contributed by atoms with Crippen LogP contribution in [0.5, 0.6) is 5.75 Å². The van der Waals surface area contributed by atoms with Crippen LogP contribution in [-0.4, -0.2) is 48.6 Å². The van der Waals surface area contributed by atoms with Crippen molar-refractivity contribution in [3.8, 4) is 5.75 Å². The van der Waals surface area contributed by atoms with Gasteiger partial charge in [-0.05, 0) is 49.2 Å². The number of likely N-dealkylation sites (tertiary alicyclic amines) is 1. The number of amides is 1. The van der Waals surface area contributed by atoms with Crippen molar-refractivity contribution >= 4 is 33.4 Å². The second kappa shape index (κ2) is 8.61. The lowest BCUT2D eigenvalue weighted by Gasteiger charge is -2.31. The molecule has 29 heavy (non-hydrogen) atoms. The predicted octanol–water partition coefficient (Wildman–Crippen LogP) is 3.87. The van der Waals surface area contributed by atoms with Crippen molar-refractivity contribution in [2.24, 2.45) is 0 Å². The number of para-hydroxylation sites is 1. The summed E-state index contributed by atoms with van der Waals surface area (Å²) in [5, 5.41) is 1.10. The summed E-state index contributed by atoms with van der Waals surface area (Å²) in [7, 11) is 1.34. The second-order valence-corrected chi connectivity index (χ2v) is 8.07. The van der Waals surface area contributed by atoms with Gasteiger partial charge >= 0.3 is 5.97 Å². The molecule has 1 aromatic heterocycles. The van der Waals surface area contributed by atoms with Crippen molar-refractivity contribution < 1.29 is 19.1 Å². The van der Waals surface area contributed by atoms with Crippen molar-refractivity contribution in [2.45, 2.75) is 18.8 Å². The molecule has 1 atom stereocenters. The minimum atomic E-state index is -0.401. The molecule has 4 rings (SSSR count). The highest BCUT2D eigenvalue weighted by Crippen LogP contribution is 2.33.